The van der Waals surface area contributed by atoms with Crippen LogP contribution in [0.4, 0.5) is 0 Å². The van der Waals surface area contributed by atoms with Crippen molar-refractivity contribution < 1.29 is 5.11 Å². The van der Waals surface area contributed by atoms with Crippen molar-refractivity contribution in [2.45, 2.75) is 63.4 Å². The monoisotopic (exact) mass is 325 g/mol. The van der Waals surface area contributed by atoms with Crippen molar-refractivity contribution in [3.8, 4) is 11.8 Å². The summed E-state index contributed by atoms with van der Waals surface area (Å²) < 4.78 is 0. The zero-order chi connectivity index (χ0) is 16.7. The zero-order valence-electron chi connectivity index (χ0n) is 14.8. The lowest BCUT2D eigenvalue weighted by atomic mass is 9.78. The molecule has 1 aliphatic heterocycles. The second-order valence-corrected chi connectivity index (χ2v) is 7.49. The lowest BCUT2D eigenvalue weighted by Crippen LogP contribution is -2.33. The molecular formula is C22H31NO. The van der Waals surface area contributed by atoms with Crippen LogP contribution in [-0.4, -0.2) is 29.6 Å². The molecule has 2 nitrogen and oxygen atoms in total. The van der Waals surface area contributed by atoms with Gasteiger partial charge in [0, 0.05) is 6.42 Å². The molecule has 0 unspecified atom stereocenters. The van der Waals surface area contributed by atoms with Gasteiger partial charge in [-0.3, -0.25) is 4.90 Å². The predicted molar refractivity (Wildman–Crippen MR) is 99.6 cm³/mol. The van der Waals surface area contributed by atoms with Gasteiger partial charge < -0.3 is 5.11 Å². The van der Waals surface area contributed by atoms with Crippen molar-refractivity contribution in [2.75, 3.05) is 19.6 Å². The van der Waals surface area contributed by atoms with E-state index in [1.807, 2.05) is 18.2 Å². The van der Waals surface area contributed by atoms with E-state index in [9.17, 15) is 5.11 Å². The lowest BCUT2D eigenvalue weighted by Gasteiger charge is -2.33. The van der Waals surface area contributed by atoms with Crippen LogP contribution in [0.1, 0.15) is 63.4 Å². The zero-order valence-corrected chi connectivity index (χ0v) is 14.8. The minimum absolute atomic E-state index is 0.354. The topological polar surface area (TPSA) is 23.5 Å². The quantitative estimate of drug-likeness (QED) is 0.833. The number of hydrogen-bond acceptors (Lipinski definition) is 2. The minimum Gasteiger partial charge on any atom is -0.384 e. The van der Waals surface area contributed by atoms with Crippen LogP contribution in [-0.2, 0) is 5.60 Å². The summed E-state index contributed by atoms with van der Waals surface area (Å²) in [5, 5.41) is 11.4. The molecule has 1 aliphatic carbocycles. The van der Waals surface area contributed by atoms with Crippen molar-refractivity contribution in [3.63, 3.8) is 0 Å². The van der Waals surface area contributed by atoms with E-state index in [1.54, 1.807) is 0 Å². The normalized spacial score (nSPS) is 22.4. The Balaban J connectivity index is 1.65. The van der Waals surface area contributed by atoms with E-state index in [0.29, 0.717) is 12.3 Å². The van der Waals surface area contributed by atoms with Crippen LogP contribution in [0.2, 0.25) is 0 Å². The molecule has 0 aromatic heterocycles. The Morgan fingerprint density at radius 2 is 1.58 bits per heavy atom. The Bertz CT molecular complexity index is 544. The Kier molecular flexibility index (Phi) is 6.35. The second kappa shape index (κ2) is 8.70. The molecule has 1 aromatic carbocycles. The average Bonchev–Trinajstić information content (AvgIpc) is 3.05. The molecule has 2 aliphatic rings. The van der Waals surface area contributed by atoms with Gasteiger partial charge in [0.2, 0.25) is 0 Å². The molecule has 0 bridgehead atoms. The van der Waals surface area contributed by atoms with Crippen molar-refractivity contribution in [3.05, 3.63) is 35.9 Å². The third-order valence-electron chi connectivity index (χ3n) is 5.79. The van der Waals surface area contributed by atoms with Crippen molar-refractivity contribution in [2.24, 2.45) is 5.92 Å². The smallest absolute Gasteiger partial charge is 0.103 e. The minimum atomic E-state index is -0.774. The van der Waals surface area contributed by atoms with E-state index in [2.05, 4.69) is 28.9 Å². The first kappa shape index (κ1) is 17.5. The third kappa shape index (κ3) is 4.41. The summed E-state index contributed by atoms with van der Waals surface area (Å²) in [5.74, 6) is 7.03. The molecule has 1 heterocycles. The van der Waals surface area contributed by atoms with Gasteiger partial charge in [-0.1, -0.05) is 67.9 Å². The van der Waals surface area contributed by atoms with E-state index < -0.39 is 5.60 Å². The van der Waals surface area contributed by atoms with Crippen LogP contribution in [0.5, 0.6) is 0 Å². The van der Waals surface area contributed by atoms with Gasteiger partial charge in [0.25, 0.3) is 0 Å². The van der Waals surface area contributed by atoms with Gasteiger partial charge in [-0.2, -0.15) is 0 Å². The molecule has 24 heavy (non-hydrogen) atoms. The molecule has 0 amide bonds. The van der Waals surface area contributed by atoms with Crippen LogP contribution in [0.25, 0.3) is 0 Å². The molecule has 2 fully saturated rings. The standard InChI is InChI=1S/C22H31NO/c24-22(21-14-6-7-15-21,20-12-4-3-5-13-20)16-8-11-19-23-17-9-1-2-10-18-23/h3-5,12-13,21,24H,1-2,6-7,9-10,14-19H2/t22-/m0/s1. The predicted octanol–water partition coefficient (Wildman–Crippen LogP) is 4.33. The van der Waals surface area contributed by atoms with Crippen LogP contribution < -0.4 is 0 Å². The summed E-state index contributed by atoms with van der Waals surface area (Å²) in [7, 11) is 0. The molecule has 1 saturated carbocycles. The number of aliphatic hydroxyl groups is 1. The number of likely N-dealkylation sites (tertiary alicyclic amines) is 1. The van der Waals surface area contributed by atoms with E-state index in [0.717, 1.165) is 24.9 Å². The van der Waals surface area contributed by atoms with Crippen LogP contribution in [0.3, 0.4) is 0 Å². The molecule has 3 rings (SSSR count). The fraction of sp³-hybridized carbons (Fsp3) is 0.636. The molecule has 1 aromatic rings. The number of hydrogen-bond donors (Lipinski definition) is 1. The molecule has 1 N–H and O–H groups in total. The molecule has 1 atom stereocenters. The lowest BCUT2D eigenvalue weighted by molar-refractivity contribution is -0.0173. The highest BCUT2D eigenvalue weighted by atomic mass is 16.3. The first-order valence-electron chi connectivity index (χ1n) is 9.75. The van der Waals surface area contributed by atoms with Crippen molar-refractivity contribution in [1.82, 2.24) is 4.90 Å². The maximum absolute atomic E-state index is 11.4. The number of nitrogens with zero attached hydrogens (tertiary/aromatic N) is 1. The Hall–Kier alpha value is -1.30. The molecule has 0 spiro atoms. The van der Waals surface area contributed by atoms with Gasteiger partial charge >= 0.3 is 0 Å². The molecular weight excluding hydrogens is 294 g/mol. The Morgan fingerprint density at radius 1 is 0.917 bits per heavy atom. The summed E-state index contributed by atoms with van der Waals surface area (Å²) in [5.41, 5.74) is 0.268. The fourth-order valence-electron chi connectivity index (χ4n) is 4.27. The van der Waals surface area contributed by atoms with Crippen LogP contribution in [0.15, 0.2) is 30.3 Å². The fourth-order valence-corrected chi connectivity index (χ4v) is 4.27. The van der Waals surface area contributed by atoms with Crippen molar-refractivity contribution >= 4 is 0 Å². The molecule has 1 saturated heterocycles. The first-order valence-corrected chi connectivity index (χ1v) is 9.75. The molecule has 0 radical (unpaired) electrons. The van der Waals surface area contributed by atoms with Gasteiger partial charge in [-0.25, -0.2) is 0 Å². The van der Waals surface area contributed by atoms with E-state index in [1.165, 1.54) is 51.6 Å². The summed E-state index contributed by atoms with van der Waals surface area (Å²) in [6, 6.07) is 10.2. The maximum Gasteiger partial charge on any atom is 0.103 e. The largest absolute Gasteiger partial charge is 0.384 e. The number of rotatable bonds is 4. The average molecular weight is 325 g/mol. The molecule has 2 heteroatoms. The summed E-state index contributed by atoms with van der Waals surface area (Å²) in [6.07, 6.45) is 10.6. The summed E-state index contributed by atoms with van der Waals surface area (Å²) in [4.78, 5) is 2.47. The van der Waals surface area contributed by atoms with Gasteiger partial charge in [0.1, 0.15) is 5.60 Å². The van der Waals surface area contributed by atoms with E-state index in [4.69, 9.17) is 0 Å². The third-order valence-corrected chi connectivity index (χ3v) is 5.79. The van der Waals surface area contributed by atoms with Gasteiger partial charge in [-0.15, -0.1) is 0 Å². The summed E-state index contributed by atoms with van der Waals surface area (Å²) in [6.45, 7) is 3.22. The molecule has 130 valence electrons. The van der Waals surface area contributed by atoms with Gasteiger partial charge in [-0.05, 0) is 50.3 Å². The highest BCUT2D eigenvalue weighted by molar-refractivity contribution is 5.26. The SMILES string of the molecule is O[C@@](CC#CCN1CCCCCC1)(c1ccccc1)C1CCCC1. The van der Waals surface area contributed by atoms with Crippen LogP contribution >= 0.6 is 0 Å². The summed E-state index contributed by atoms with van der Waals surface area (Å²) >= 11 is 0. The van der Waals surface area contributed by atoms with Crippen molar-refractivity contribution in [1.29, 1.82) is 0 Å². The van der Waals surface area contributed by atoms with E-state index in [-0.39, 0.29) is 0 Å². The Morgan fingerprint density at radius 3 is 2.25 bits per heavy atom. The van der Waals surface area contributed by atoms with Crippen LogP contribution in [0, 0.1) is 17.8 Å². The first-order chi connectivity index (χ1) is 11.8. The highest BCUT2D eigenvalue weighted by Gasteiger charge is 2.39. The van der Waals surface area contributed by atoms with E-state index >= 15 is 0 Å². The highest BCUT2D eigenvalue weighted by Crippen LogP contribution is 2.42. The Labute approximate surface area is 147 Å². The van der Waals surface area contributed by atoms with Gasteiger partial charge in [0.15, 0.2) is 0 Å². The number of benzene rings is 1. The maximum atomic E-state index is 11.4. The van der Waals surface area contributed by atoms with Gasteiger partial charge in [0.05, 0.1) is 6.54 Å². The second-order valence-electron chi connectivity index (χ2n) is 7.49.